The smallest absolute Gasteiger partial charge is 0.247 e. The minimum Gasteiger partial charge on any atom is -0.492 e. The van der Waals surface area contributed by atoms with Crippen molar-refractivity contribution in [3.8, 4) is 5.75 Å². The summed E-state index contributed by atoms with van der Waals surface area (Å²) in [4.78, 5) is 25.9. The molecule has 8 heteroatoms. The molecule has 25 heavy (non-hydrogen) atoms. The number of anilines is 1. The molecular weight excluding hydrogens is 344 g/mol. The molecule has 0 aliphatic carbocycles. The molecule has 1 aromatic heterocycles. The van der Waals surface area contributed by atoms with E-state index in [4.69, 9.17) is 16.3 Å². The molecule has 1 N–H and O–H groups in total. The maximum atomic E-state index is 12.3. The Bertz CT molecular complexity index is 733. The molecule has 2 amide bonds. The lowest BCUT2D eigenvalue weighted by atomic mass is 10.2. The second kappa shape index (κ2) is 8.53. The van der Waals surface area contributed by atoms with Crippen molar-refractivity contribution in [3.63, 3.8) is 0 Å². The summed E-state index contributed by atoms with van der Waals surface area (Å²) in [5.74, 6) is 0.0369. The Labute approximate surface area is 151 Å². The zero-order valence-electron chi connectivity index (χ0n) is 14.4. The number of nitrogens with zero attached hydrogens (tertiary/aromatic N) is 3. The lowest BCUT2D eigenvalue weighted by Gasteiger charge is -2.21. The van der Waals surface area contributed by atoms with E-state index in [1.807, 2.05) is 6.92 Å². The number of aromatic nitrogens is 2. The molecule has 1 aromatic carbocycles. The molecule has 0 aliphatic heterocycles. The molecule has 0 aliphatic rings. The van der Waals surface area contributed by atoms with Crippen LogP contribution in [0.1, 0.15) is 19.9 Å². The summed E-state index contributed by atoms with van der Waals surface area (Å²) in [6.07, 6.45) is 3.31. The molecule has 134 valence electrons. The van der Waals surface area contributed by atoms with Gasteiger partial charge in [-0.2, -0.15) is 5.10 Å². The molecule has 0 bridgehead atoms. The van der Waals surface area contributed by atoms with Gasteiger partial charge in [-0.1, -0.05) is 11.6 Å². The number of rotatable bonds is 7. The summed E-state index contributed by atoms with van der Waals surface area (Å²) in [5.41, 5.74) is 0.541. The first kappa shape index (κ1) is 18.8. The van der Waals surface area contributed by atoms with Gasteiger partial charge in [0.05, 0.1) is 18.2 Å². The highest BCUT2D eigenvalue weighted by Gasteiger charge is 2.21. The van der Waals surface area contributed by atoms with Crippen LogP contribution in [0.5, 0.6) is 5.75 Å². The van der Waals surface area contributed by atoms with E-state index in [-0.39, 0.29) is 18.4 Å². The highest BCUT2D eigenvalue weighted by atomic mass is 35.5. The Morgan fingerprint density at radius 2 is 2.20 bits per heavy atom. The van der Waals surface area contributed by atoms with Crippen molar-refractivity contribution in [2.75, 3.05) is 25.5 Å². The highest BCUT2D eigenvalue weighted by molar-refractivity contribution is 6.32. The summed E-state index contributed by atoms with van der Waals surface area (Å²) in [7, 11) is 1.58. The second-order valence-corrected chi connectivity index (χ2v) is 5.89. The SMILES string of the molecule is CCOc1ccc(NC(=O)CN(C)C(=O)C(C)n2cccn2)cc1Cl. The summed E-state index contributed by atoms with van der Waals surface area (Å²) in [5, 5.41) is 7.17. The van der Waals surface area contributed by atoms with Crippen molar-refractivity contribution in [1.82, 2.24) is 14.7 Å². The van der Waals surface area contributed by atoms with Gasteiger partial charge in [0.1, 0.15) is 11.8 Å². The van der Waals surface area contributed by atoms with Crippen molar-refractivity contribution in [2.45, 2.75) is 19.9 Å². The summed E-state index contributed by atoms with van der Waals surface area (Å²) >= 11 is 6.10. The number of carbonyl (C=O) groups is 2. The van der Waals surface area contributed by atoms with Gasteiger partial charge in [-0.3, -0.25) is 14.3 Å². The van der Waals surface area contributed by atoms with E-state index >= 15 is 0 Å². The third-order valence-electron chi connectivity index (χ3n) is 3.55. The largest absolute Gasteiger partial charge is 0.492 e. The predicted molar refractivity (Wildman–Crippen MR) is 95.8 cm³/mol. The van der Waals surface area contributed by atoms with Gasteiger partial charge in [-0.25, -0.2) is 0 Å². The van der Waals surface area contributed by atoms with E-state index in [0.717, 1.165) is 0 Å². The number of amides is 2. The molecule has 2 aromatic rings. The predicted octanol–water partition coefficient (Wildman–Crippen LogP) is 2.59. The number of ether oxygens (including phenoxy) is 1. The molecule has 0 spiro atoms. The van der Waals surface area contributed by atoms with E-state index in [2.05, 4.69) is 10.4 Å². The Hall–Kier alpha value is -2.54. The second-order valence-electron chi connectivity index (χ2n) is 5.48. The monoisotopic (exact) mass is 364 g/mol. The van der Waals surface area contributed by atoms with E-state index < -0.39 is 6.04 Å². The van der Waals surface area contributed by atoms with Crippen LogP contribution in [0.4, 0.5) is 5.69 Å². The van der Waals surface area contributed by atoms with Gasteiger partial charge >= 0.3 is 0 Å². The molecule has 1 unspecified atom stereocenters. The number of hydrogen-bond donors (Lipinski definition) is 1. The average molecular weight is 365 g/mol. The Morgan fingerprint density at radius 3 is 2.80 bits per heavy atom. The third-order valence-corrected chi connectivity index (χ3v) is 3.85. The minimum atomic E-state index is -0.479. The van der Waals surface area contributed by atoms with Gasteiger partial charge in [0.2, 0.25) is 11.8 Å². The first-order valence-electron chi connectivity index (χ1n) is 7.88. The Kier molecular flexibility index (Phi) is 6.41. The number of halogens is 1. The summed E-state index contributed by atoms with van der Waals surface area (Å²) in [6, 6.07) is 6.26. The Morgan fingerprint density at radius 1 is 1.44 bits per heavy atom. The number of hydrogen-bond acceptors (Lipinski definition) is 4. The zero-order valence-corrected chi connectivity index (χ0v) is 15.2. The fourth-order valence-corrected chi connectivity index (χ4v) is 2.52. The summed E-state index contributed by atoms with van der Waals surface area (Å²) in [6.45, 7) is 4.03. The van der Waals surface area contributed by atoms with Gasteiger partial charge in [0.15, 0.2) is 0 Å². The van der Waals surface area contributed by atoms with Crippen molar-refractivity contribution in [2.24, 2.45) is 0 Å². The van der Waals surface area contributed by atoms with Crippen molar-refractivity contribution in [3.05, 3.63) is 41.7 Å². The molecule has 7 nitrogen and oxygen atoms in total. The molecule has 0 fully saturated rings. The van der Waals surface area contributed by atoms with Crippen LogP contribution in [0.2, 0.25) is 5.02 Å². The fraction of sp³-hybridized carbons (Fsp3) is 0.353. The number of nitrogens with one attached hydrogen (secondary N) is 1. The van der Waals surface area contributed by atoms with Crippen LogP contribution in [0.15, 0.2) is 36.7 Å². The minimum absolute atomic E-state index is 0.0741. The molecule has 0 saturated heterocycles. The Balaban J connectivity index is 1.93. The molecule has 0 radical (unpaired) electrons. The van der Waals surface area contributed by atoms with Crippen LogP contribution in [-0.2, 0) is 9.59 Å². The van der Waals surface area contributed by atoms with Gasteiger partial charge in [-0.05, 0) is 38.1 Å². The third kappa shape index (κ3) is 4.96. The molecular formula is C17H21ClN4O3. The highest BCUT2D eigenvalue weighted by Crippen LogP contribution is 2.27. The van der Waals surface area contributed by atoms with Crippen LogP contribution in [-0.4, -0.2) is 46.7 Å². The van der Waals surface area contributed by atoms with Crippen molar-refractivity contribution in [1.29, 1.82) is 0 Å². The molecule has 1 atom stereocenters. The molecule has 2 rings (SSSR count). The maximum absolute atomic E-state index is 12.3. The number of benzene rings is 1. The van der Waals surface area contributed by atoms with Gasteiger partial charge in [-0.15, -0.1) is 0 Å². The lowest BCUT2D eigenvalue weighted by molar-refractivity contribution is -0.136. The van der Waals surface area contributed by atoms with Gasteiger partial charge < -0.3 is 15.0 Å². The van der Waals surface area contributed by atoms with Crippen LogP contribution in [0.25, 0.3) is 0 Å². The van der Waals surface area contributed by atoms with Gasteiger partial charge in [0.25, 0.3) is 0 Å². The van der Waals surface area contributed by atoms with E-state index in [1.165, 1.54) is 4.90 Å². The standard InChI is InChI=1S/C17H21ClN4O3/c1-4-25-15-7-6-13(10-14(15)18)20-16(23)11-21(3)17(24)12(2)22-9-5-8-19-22/h5-10,12H,4,11H2,1-3H3,(H,20,23). The fourth-order valence-electron chi connectivity index (χ4n) is 2.29. The first-order valence-corrected chi connectivity index (χ1v) is 8.26. The number of likely N-dealkylation sites (N-methyl/N-ethyl adjacent to an activating group) is 1. The number of carbonyl (C=O) groups excluding carboxylic acids is 2. The van der Waals surface area contributed by atoms with Crippen molar-refractivity contribution < 1.29 is 14.3 Å². The molecule has 0 saturated carbocycles. The van der Waals surface area contributed by atoms with Crippen LogP contribution in [0.3, 0.4) is 0 Å². The summed E-state index contributed by atoms with van der Waals surface area (Å²) < 4.78 is 6.89. The van der Waals surface area contributed by atoms with E-state index in [9.17, 15) is 9.59 Å². The van der Waals surface area contributed by atoms with Crippen molar-refractivity contribution >= 4 is 29.1 Å². The van der Waals surface area contributed by atoms with Crippen LogP contribution < -0.4 is 10.1 Å². The van der Waals surface area contributed by atoms with Crippen LogP contribution in [0, 0.1) is 0 Å². The van der Waals surface area contributed by atoms with Gasteiger partial charge in [0, 0.05) is 25.1 Å². The van der Waals surface area contributed by atoms with E-state index in [0.29, 0.717) is 23.1 Å². The topological polar surface area (TPSA) is 76.5 Å². The van der Waals surface area contributed by atoms with Crippen LogP contribution >= 0.6 is 11.6 Å². The quantitative estimate of drug-likeness (QED) is 0.819. The maximum Gasteiger partial charge on any atom is 0.247 e. The average Bonchev–Trinajstić information content (AvgIpc) is 3.10. The molecule has 1 heterocycles. The first-order chi connectivity index (χ1) is 11.9. The zero-order chi connectivity index (χ0) is 18.4. The normalized spacial score (nSPS) is 11.7. The van der Waals surface area contributed by atoms with E-state index in [1.54, 1.807) is 55.3 Å². The lowest BCUT2D eigenvalue weighted by Crippen LogP contribution is -2.38.